The van der Waals surface area contributed by atoms with Crippen molar-refractivity contribution in [2.24, 2.45) is 11.8 Å². The Morgan fingerprint density at radius 1 is 1.14 bits per heavy atom. The van der Waals surface area contributed by atoms with E-state index in [9.17, 15) is 18.0 Å². The molecule has 276 valence electrons. The summed E-state index contributed by atoms with van der Waals surface area (Å²) in [5.41, 5.74) is 1.57. The number of aryl methyl sites for hydroxylation is 1. The molecule has 1 saturated carbocycles. The molecule has 2 amide bonds. The van der Waals surface area contributed by atoms with Gasteiger partial charge in [0.25, 0.3) is 15.9 Å². The first-order chi connectivity index (χ1) is 24.3. The van der Waals surface area contributed by atoms with Gasteiger partial charge in [-0.15, -0.1) is 0 Å². The number of nitrogens with one attached hydrogen (secondary N) is 1. The highest BCUT2D eigenvalue weighted by Crippen LogP contribution is 2.47. The van der Waals surface area contributed by atoms with Crippen molar-refractivity contribution in [2.45, 2.75) is 80.4 Å². The number of sulfonamides is 1. The van der Waals surface area contributed by atoms with Crippen LogP contribution in [-0.2, 0) is 36.1 Å². The van der Waals surface area contributed by atoms with E-state index in [1.165, 1.54) is 17.2 Å². The summed E-state index contributed by atoms with van der Waals surface area (Å²) in [5, 5.41) is 0.706. The Balaban J connectivity index is 1.28. The molecule has 0 aromatic heterocycles. The predicted octanol–water partition coefficient (Wildman–Crippen LogP) is 5.15. The number of carbonyl (C=O) groups is 2. The summed E-state index contributed by atoms with van der Waals surface area (Å²) < 4.78 is 48.4. The van der Waals surface area contributed by atoms with E-state index in [4.69, 9.17) is 25.8 Å². The number of anilines is 1. The van der Waals surface area contributed by atoms with E-state index in [1.54, 1.807) is 49.9 Å². The highest BCUT2D eigenvalue weighted by molar-refractivity contribution is 7.90. The van der Waals surface area contributed by atoms with E-state index in [-0.39, 0.29) is 34.3 Å². The van der Waals surface area contributed by atoms with Gasteiger partial charge in [0.05, 0.1) is 35.4 Å². The number of nitrogens with zero attached hydrogens (tertiary/aromatic N) is 3. The van der Waals surface area contributed by atoms with Crippen molar-refractivity contribution in [3.05, 3.63) is 64.7 Å². The molecule has 2 aromatic carbocycles. The van der Waals surface area contributed by atoms with Gasteiger partial charge < -0.3 is 24.0 Å². The largest absolute Gasteiger partial charge is 0.490 e. The topological polar surface area (TPSA) is 118 Å². The van der Waals surface area contributed by atoms with E-state index < -0.39 is 27.6 Å². The van der Waals surface area contributed by atoms with E-state index in [0.29, 0.717) is 55.9 Å². The Hall–Kier alpha value is -3.32. The zero-order chi connectivity index (χ0) is 36.1. The van der Waals surface area contributed by atoms with Crippen LogP contribution in [0.25, 0.3) is 0 Å². The van der Waals surface area contributed by atoms with Gasteiger partial charge in [0.1, 0.15) is 11.9 Å². The number of halogens is 1. The predicted molar refractivity (Wildman–Crippen MR) is 195 cm³/mol. The molecular weight excluding hydrogens is 692 g/mol. The molecule has 3 heterocycles. The van der Waals surface area contributed by atoms with Crippen molar-refractivity contribution in [1.29, 1.82) is 0 Å². The van der Waals surface area contributed by atoms with Crippen molar-refractivity contribution < 1.29 is 32.2 Å². The number of fused-ring (bicyclic) bond motifs is 4. The van der Waals surface area contributed by atoms with Crippen molar-refractivity contribution >= 4 is 39.3 Å². The Labute approximate surface area is 306 Å². The number of carbonyl (C=O) groups excluding carboxylic acids is 2. The smallest absolute Gasteiger partial charge is 0.410 e. The van der Waals surface area contributed by atoms with Gasteiger partial charge in [0.2, 0.25) is 0 Å². The van der Waals surface area contributed by atoms with Gasteiger partial charge >= 0.3 is 6.09 Å². The molecule has 5 atom stereocenters. The van der Waals surface area contributed by atoms with Gasteiger partial charge in [-0.25, -0.2) is 17.9 Å². The summed E-state index contributed by atoms with van der Waals surface area (Å²) >= 11 is 6.45. The second-order valence-corrected chi connectivity index (χ2v) is 17.6. The molecule has 51 heavy (non-hydrogen) atoms. The molecular formula is C38H49ClN4O7S. The number of ether oxygens (including phenoxy) is 3. The first-order valence-electron chi connectivity index (χ1n) is 18.0. The van der Waals surface area contributed by atoms with E-state index in [0.717, 1.165) is 38.5 Å². The maximum Gasteiger partial charge on any atom is 0.410 e. The lowest BCUT2D eigenvalue weighted by molar-refractivity contribution is -0.128. The number of hydrogen-bond donors (Lipinski definition) is 1. The molecule has 11 nitrogen and oxygen atoms in total. The molecule has 13 heteroatoms. The zero-order valence-electron chi connectivity index (χ0n) is 29.9. The molecule has 1 spiro atoms. The minimum absolute atomic E-state index is 0.00341. The second kappa shape index (κ2) is 13.9. The molecule has 7 rings (SSSR count). The number of benzene rings is 2. The second-order valence-electron chi connectivity index (χ2n) is 15.5. The number of hydrogen-bond acceptors (Lipinski definition) is 9. The normalized spacial score (nSPS) is 30.8. The Morgan fingerprint density at radius 3 is 2.71 bits per heavy atom. The van der Waals surface area contributed by atoms with Gasteiger partial charge in [-0.3, -0.25) is 9.69 Å². The van der Waals surface area contributed by atoms with Crippen LogP contribution in [0, 0.1) is 11.8 Å². The van der Waals surface area contributed by atoms with Gasteiger partial charge in [-0.05, 0) is 113 Å². The fourth-order valence-corrected chi connectivity index (χ4v) is 9.62. The summed E-state index contributed by atoms with van der Waals surface area (Å²) in [6.45, 7) is 6.48. The van der Waals surface area contributed by atoms with Crippen LogP contribution < -0.4 is 14.4 Å². The van der Waals surface area contributed by atoms with Crippen molar-refractivity contribution in [2.75, 3.05) is 58.5 Å². The van der Waals surface area contributed by atoms with Crippen LogP contribution >= 0.6 is 11.6 Å². The molecule has 2 bridgehead atoms. The molecule has 2 aliphatic carbocycles. The molecule has 0 unspecified atom stereocenters. The quantitative estimate of drug-likeness (QED) is 0.418. The molecule has 2 fully saturated rings. The average Bonchev–Trinajstić information content (AvgIpc) is 3.57. The first kappa shape index (κ1) is 36.1. The molecule has 1 N–H and O–H groups in total. The summed E-state index contributed by atoms with van der Waals surface area (Å²) in [5.74, 6) is 0.151. The van der Waals surface area contributed by atoms with Crippen LogP contribution in [0.2, 0.25) is 5.02 Å². The lowest BCUT2D eigenvalue weighted by Gasteiger charge is -2.46. The van der Waals surface area contributed by atoms with Gasteiger partial charge in [-0.2, -0.15) is 0 Å². The van der Waals surface area contributed by atoms with Crippen molar-refractivity contribution in [3.8, 4) is 5.75 Å². The number of likely N-dealkylation sites (N-methyl/N-ethyl adjacent to an activating group) is 2. The van der Waals surface area contributed by atoms with E-state index in [2.05, 4.69) is 21.8 Å². The minimum Gasteiger partial charge on any atom is -0.490 e. The highest BCUT2D eigenvalue weighted by atomic mass is 35.5. The minimum atomic E-state index is -4.21. The maximum atomic E-state index is 13.8. The van der Waals surface area contributed by atoms with Crippen molar-refractivity contribution in [1.82, 2.24) is 14.5 Å². The van der Waals surface area contributed by atoms with Crippen LogP contribution in [0.3, 0.4) is 0 Å². The molecule has 2 aromatic rings. The average molecular weight is 741 g/mol. The Bertz CT molecular complexity index is 1810. The molecule has 1 saturated heterocycles. The lowest BCUT2D eigenvalue weighted by Crippen LogP contribution is -2.54. The fourth-order valence-electron chi connectivity index (χ4n) is 8.30. The van der Waals surface area contributed by atoms with Crippen LogP contribution in [-0.4, -0.2) is 101 Å². The fraction of sp³-hybridized carbons (Fsp3) is 0.579. The zero-order valence-corrected chi connectivity index (χ0v) is 31.5. The van der Waals surface area contributed by atoms with Crippen LogP contribution in [0.1, 0.15) is 57.1 Å². The van der Waals surface area contributed by atoms with Crippen LogP contribution in [0.15, 0.2) is 53.4 Å². The number of amides is 2. The van der Waals surface area contributed by atoms with E-state index in [1.807, 2.05) is 18.2 Å². The summed E-state index contributed by atoms with van der Waals surface area (Å²) in [4.78, 5) is 32.8. The third-order valence-electron chi connectivity index (χ3n) is 12.1. The van der Waals surface area contributed by atoms with Gasteiger partial charge in [0, 0.05) is 49.6 Å². The number of rotatable bonds is 2. The first-order valence-corrected chi connectivity index (χ1v) is 19.9. The highest BCUT2D eigenvalue weighted by Gasteiger charge is 2.46. The van der Waals surface area contributed by atoms with Gasteiger partial charge in [-0.1, -0.05) is 23.7 Å². The maximum absolute atomic E-state index is 13.8. The Kier molecular flexibility index (Phi) is 9.83. The third-order valence-corrected chi connectivity index (χ3v) is 13.7. The SMILES string of the molecule is CN(C(=O)O[C@H]1/C=C\CN(C)C(C)(C)C(=O)NS(=O)(=O)c2ccc3c(c2)N(C[C@@H]2CC[C@H]21)C[C@@]1(CCCc2cc(Cl)ccc21)CO3)[C@@H]1CCOC1. The summed E-state index contributed by atoms with van der Waals surface area (Å²) in [6.07, 6.45) is 8.40. The van der Waals surface area contributed by atoms with E-state index >= 15 is 0 Å². The van der Waals surface area contributed by atoms with Crippen LogP contribution in [0.5, 0.6) is 5.75 Å². The molecule has 3 aliphatic heterocycles. The lowest BCUT2D eigenvalue weighted by atomic mass is 9.68. The molecule has 0 radical (unpaired) electrons. The molecule has 5 aliphatic rings. The van der Waals surface area contributed by atoms with Crippen LogP contribution in [0.4, 0.5) is 10.5 Å². The summed E-state index contributed by atoms with van der Waals surface area (Å²) in [6, 6.07) is 10.9. The standard InChI is InChI=1S/C38H49ClN4O7S/c1-37(2)35(44)40-51(46,47)29-11-14-34-32(20-29)43(23-38(24-49-34)16-5-7-25-19-27(39)10-13-31(25)38)21-26-9-12-30(26)33(8-6-17-41(37)3)50-36(45)42(4)28-15-18-48-22-28/h6,8,10-11,13-14,19-20,26,28,30,33H,5,7,9,12,15-18,21-24H2,1-4H3,(H,40,44)/b8-6-/t26-,28+,30+,33-,38-/m0/s1. The third kappa shape index (κ3) is 6.96. The Morgan fingerprint density at radius 2 is 1.96 bits per heavy atom. The monoisotopic (exact) mass is 740 g/mol. The van der Waals surface area contributed by atoms with Gasteiger partial charge in [0.15, 0.2) is 0 Å². The summed E-state index contributed by atoms with van der Waals surface area (Å²) in [7, 11) is -0.678. The van der Waals surface area contributed by atoms with Crippen molar-refractivity contribution in [3.63, 3.8) is 0 Å².